The number of rotatable bonds is 9. The van der Waals surface area contributed by atoms with Gasteiger partial charge in [0, 0.05) is 18.7 Å². The van der Waals surface area contributed by atoms with Crippen molar-refractivity contribution < 1.29 is 22.7 Å². The summed E-state index contributed by atoms with van der Waals surface area (Å²) in [7, 11) is -1.02. The van der Waals surface area contributed by atoms with Crippen LogP contribution in [0.2, 0.25) is 0 Å². The van der Waals surface area contributed by atoms with Gasteiger partial charge in [0.25, 0.3) is 0 Å². The number of carbonyl (C=O) groups is 1. The minimum absolute atomic E-state index is 0.0508. The van der Waals surface area contributed by atoms with Crippen molar-refractivity contribution in [2.45, 2.75) is 62.4 Å². The number of hydrogen-bond donors (Lipinski definition) is 1. The highest BCUT2D eigenvalue weighted by atomic mass is 32.2. The van der Waals surface area contributed by atoms with Crippen LogP contribution in [-0.4, -0.2) is 45.4 Å². The monoisotopic (exact) mass is 474 g/mol. The number of sulfonamides is 1. The molecule has 8 heteroatoms. The van der Waals surface area contributed by atoms with Gasteiger partial charge in [-0.05, 0) is 30.5 Å². The Bertz CT molecular complexity index is 1000. The van der Waals surface area contributed by atoms with Crippen molar-refractivity contribution >= 4 is 15.9 Å². The first-order chi connectivity index (χ1) is 15.9. The van der Waals surface area contributed by atoms with Gasteiger partial charge in [-0.2, -0.15) is 4.31 Å². The van der Waals surface area contributed by atoms with Gasteiger partial charge >= 0.3 is 0 Å². The largest absolute Gasteiger partial charge is 0.493 e. The Balaban J connectivity index is 1.83. The molecule has 2 aromatic carbocycles. The highest BCUT2D eigenvalue weighted by molar-refractivity contribution is 7.89. The predicted molar refractivity (Wildman–Crippen MR) is 128 cm³/mol. The Labute approximate surface area is 197 Å². The molecule has 3 rings (SSSR count). The lowest BCUT2D eigenvalue weighted by Gasteiger charge is -2.25. The molecule has 1 aliphatic carbocycles. The van der Waals surface area contributed by atoms with Crippen molar-refractivity contribution in [2.75, 3.05) is 20.8 Å². The number of nitrogens with zero attached hydrogens (tertiary/aromatic N) is 1. The zero-order valence-electron chi connectivity index (χ0n) is 19.5. The fourth-order valence-corrected chi connectivity index (χ4v) is 5.57. The SMILES string of the molecule is COc1ccc(S(=O)(=O)N(CC(=O)NC2CCCCCCC2)Cc2ccccc2)cc1OC. The third-order valence-corrected chi connectivity index (χ3v) is 7.77. The molecular formula is C25H34N2O5S. The normalized spacial score (nSPS) is 15.5. The zero-order chi connectivity index (χ0) is 23.7. The quantitative estimate of drug-likeness (QED) is 0.591. The Morgan fingerprint density at radius 2 is 1.58 bits per heavy atom. The van der Waals surface area contributed by atoms with E-state index in [4.69, 9.17) is 9.47 Å². The number of carbonyl (C=O) groups excluding carboxylic acids is 1. The van der Waals surface area contributed by atoms with Crippen LogP contribution >= 0.6 is 0 Å². The molecule has 0 spiro atoms. The van der Waals surface area contributed by atoms with Crippen LogP contribution in [0.5, 0.6) is 11.5 Å². The van der Waals surface area contributed by atoms with E-state index in [0.717, 1.165) is 31.2 Å². The molecule has 0 radical (unpaired) electrons. The fraction of sp³-hybridized carbons (Fsp3) is 0.480. The predicted octanol–water partition coefficient (Wildman–Crippen LogP) is 4.12. The Hall–Kier alpha value is -2.58. The molecular weight excluding hydrogens is 440 g/mol. The van der Waals surface area contributed by atoms with Crippen LogP contribution in [0.3, 0.4) is 0 Å². The summed E-state index contributed by atoms with van der Waals surface area (Å²) >= 11 is 0. The second kappa shape index (κ2) is 12.0. The first-order valence-corrected chi connectivity index (χ1v) is 12.9. The van der Waals surface area contributed by atoms with Gasteiger partial charge in [0.15, 0.2) is 11.5 Å². The van der Waals surface area contributed by atoms with E-state index >= 15 is 0 Å². The van der Waals surface area contributed by atoms with Gasteiger partial charge in [-0.1, -0.05) is 62.4 Å². The third kappa shape index (κ3) is 6.95. The average molecular weight is 475 g/mol. The van der Waals surface area contributed by atoms with E-state index in [1.807, 2.05) is 30.3 Å². The summed E-state index contributed by atoms with van der Waals surface area (Å²) in [6.45, 7) is -0.155. The van der Waals surface area contributed by atoms with Crippen molar-refractivity contribution in [2.24, 2.45) is 0 Å². The molecule has 0 saturated heterocycles. The first-order valence-electron chi connectivity index (χ1n) is 11.5. The van der Waals surface area contributed by atoms with E-state index in [2.05, 4.69) is 5.32 Å². The summed E-state index contributed by atoms with van der Waals surface area (Å²) < 4.78 is 38.9. The molecule has 0 atom stereocenters. The van der Waals surface area contributed by atoms with Crippen molar-refractivity contribution in [3.8, 4) is 11.5 Å². The van der Waals surface area contributed by atoms with E-state index in [9.17, 15) is 13.2 Å². The Morgan fingerprint density at radius 3 is 2.21 bits per heavy atom. The molecule has 0 heterocycles. The van der Waals surface area contributed by atoms with E-state index in [1.54, 1.807) is 6.07 Å². The molecule has 33 heavy (non-hydrogen) atoms. The summed E-state index contributed by atoms with van der Waals surface area (Å²) in [5.41, 5.74) is 0.806. The molecule has 0 aromatic heterocycles. The first kappa shape index (κ1) is 25.1. The lowest BCUT2D eigenvalue weighted by molar-refractivity contribution is -0.122. The fourth-order valence-electron chi connectivity index (χ4n) is 4.17. The zero-order valence-corrected chi connectivity index (χ0v) is 20.3. The lowest BCUT2D eigenvalue weighted by Crippen LogP contribution is -2.44. The van der Waals surface area contributed by atoms with Gasteiger partial charge in [0.2, 0.25) is 15.9 Å². The minimum atomic E-state index is -3.97. The smallest absolute Gasteiger partial charge is 0.243 e. The van der Waals surface area contributed by atoms with Gasteiger partial charge in [0.05, 0.1) is 25.7 Å². The summed E-state index contributed by atoms with van der Waals surface area (Å²) in [6, 6.07) is 13.8. The van der Waals surface area contributed by atoms with Crippen LogP contribution in [0.25, 0.3) is 0 Å². The van der Waals surface area contributed by atoms with Crippen molar-refractivity contribution in [1.29, 1.82) is 0 Å². The van der Waals surface area contributed by atoms with Crippen LogP contribution in [0.15, 0.2) is 53.4 Å². The second-order valence-corrected chi connectivity index (χ2v) is 10.3. The molecule has 0 aliphatic heterocycles. The summed E-state index contributed by atoms with van der Waals surface area (Å²) in [4.78, 5) is 13.0. The summed E-state index contributed by atoms with van der Waals surface area (Å²) in [6.07, 6.45) is 7.65. The maximum atomic E-state index is 13.6. The number of amides is 1. The van der Waals surface area contributed by atoms with Gasteiger partial charge < -0.3 is 14.8 Å². The third-order valence-electron chi connectivity index (χ3n) is 5.98. The van der Waals surface area contributed by atoms with E-state index in [-0.39, 0.29) is 29.9 Å². The molecule has 0 unspecified atom stereocenters. The topological polar surface area (TPSA) is 84.9 Å². The summed E-state index contributed by atoms with van der Waals surface area (Å²) in [5.74, 6) is 0.478. The van der Waals surface area contributed by atoms with Crippen molar-refractivity contribution in [3.63, 3.8) is 0 Å². The number of hydrogen-bond acceptors (Lipinski definition) is 5. The highest BCUT2D eigenvalue weighted by Gasteiger charge is 2.29. The lowest BCUT2D eigenvalue weighted by atomic mass is 9.97. The summed E-state index contributed by atoms with van der Waals surface area (Å²) in [5, 5.41) is 3.08. The number of ether oxygens (including phenoxy) is 2. The van der Waals surface area contributed by atoms with Gasteiger partial charge in [-0.25, -0.2) is 8.42 Å². The van der Waals surface area contributed by atoms with Crippen molar-refractivity contribution in [3.05, 3.63) is 54.1 Å². The number of benzene rings is 2. The Kier molecular flexibility index (Phi) is 9.14. The minimum Gasteiger partial charge on any atom is -0.493 e. The van der Waals surface area contributed by atoms with Crippen LogP contribution in [0, 0.1) is 0 Å². The maximum absolute atomic E-state index is 13.6. The van der Waals surface area contributed by atoms with Gasteiger partial charge in [-0.15, -0.1) is 0 Å². The van der Waals surface area contributed by atoms with Gasteiger partial charge in [-0.3, -0.25) is 4.79 Å². The molecule has 1 saturated carbocycles. The Morgan fingerprint density at radius 1 is 0.939 bits per heavy atom. The van der Waals surface area contributed by atoms with E-state index in [0.29, 0.717) is 11.5 Å². The average Bonchev–Trinajstić information content (AvgIpc) is 2.80. The molecule has 1 N–H and O–H groups in total. The highest BCUT2D eigenvalue weighted by Crippen LogP contribution is 2.31. The molecule has 1 aliphatic rings. The van der Waals surface area contributed by atoms with Crippen LogP contribution in [0.1, 0.15) is 50.5 Å². The van der Waals surface area contributed by atoms with E-state index in [1.165, 1.54) is 49.9 Å². The van der Waals surface area contributed by atoms with Crippen LogP contribution in [-0.2, 0) is 21.4 Å². The van der Waals surface area contributed by atoms with E-state index < -0.39 is 10.0 Å². The van der Waals surface area contributed by atoms with Crippen molar-refractivity contribution in [1.82, 2.24) is 9.62 Å². The second-order valence-electron chi connectivity index (χ2n) is 8.39. The molecule has 1 amide bonds. The number of methoxy groups -OCH3 is 2. The van der Waals surface area contributed by atoms with Crippen LogP contribution < -0.4 is 14.8 Å². The molecule has 2 aromatic rings. The molecule has 0 bridgehead atoms. The molecule has 1 fully saturated rings. The van der Waals surface area contributed by atoms with Crippen LogP contribution in [0.4, 0.5) is 0 Å². The number of nitrogens with one attached hydrogen (secondary N) is 1. The maximum Gasteiger partial charge on any atom is 0.243 e. The van der Waals surface area contributed by atoms with Gasteiger partial charge in [0.1, 0.15) is 0 Å². The standard InChI is InChI=1S/C25H34N2O5S/c1-31-23-16-15-22(17-24(23)32-2)33(29,30)27(18-20-11-7-6-8-12-20)19-25(28)26-21-13-9-4-3-5-10-14-21/h6-8,11-12,15-17,21H,3-5,9-10,13-14,18-19H2,1-2H3,(H,26,28). The molecule has 7 nitrogen and oxygen atoms in total. The molecule has 180 valence electrons.